The van der Waals surface area contributed by atoms with Gasteiger partial charge in [0.2, 0.25) is 0 Å². The van der Waals surface area contributed by atoms with E-state index in [-0.39, 0.29) is 17.0 Å². The van der Waals surface area contributed by atoms with Gasteiger partial charge in [-0.25, -0.2) is 0 Å². The molecule has 0 aliphatic rings. The Morgan fingerprint density at radius 2 is 1.64 bits per heavy atom. The first-order valence-electron chi connectivity index (χ1n) is 6.69. The number of nitrogens with zero attached hydrogens (tertiary/aromatic N) is 1. The van der Waals surface area contributed by atoms with Crippen LogP contribution in [-0.2, 0) is 6.18 Å². The van der Waals surface area contributed by atoms with Gasteiger partial charge in [0, 0.05) is 11.9 Å². The number of carbonyl (C=O) groups is 1. The fourth-order valence-electron chi connectivity index (χ4n) is 1.70. The summed E-state index contributed by atoms with van der Waals surface area (Å²) >= 11 is 0. The zero-order valence-corrected chi connectivity index (χ0v) is 12.3. The topological polar surface area (TPSA) is 51.2 Å². The van der Waals surface area contributed by atoms with Gasteiger partial charge in [0.1, 0.15) is 11.4 Å². The minimum atomic E-state index is -4.61. The number of nitrogens with one attached hydrogen (secondary N) is 1. The number of ether oxygens (including phenoxy) is 1. The lowest BCUT2D eigenvalue weighted by Gasteiger charge is -2.10. The third-order valence-corrected chi connectivity index (χ3v) is 2.83. The normalized spacial score (nSPS) is 11.9. The minimum absolute atomic E-state index is 0.0495. The Kier molecular flexibility index (Phi) is 5.19. The molecule has 0 unspecified atom stereocenters. The van der Waals surface area contributed by atoms with Crippen LogP contribution in [0.15, 0.2) is 42.6 Å². The number of alkyl halides is 6. The first-order valence-corrected chi connectivity index (χ1v) is 6.69. The number of anilines is 1. The van der Waals surface area contributed by atoms with Crippen molar-refractivity contribution in [2.45, 2.75) is 12.4 Å². The molecular weight excluding hydrogens is 354 g/mol. The molecule has 0 radical (unpaired) electrons. The number of hydrogen-bond acceptors (Lipinski definition) is 3. The highest BCUT2D eigenvalue weighted by Gasteiger charge is 2.32. The van der Waals surface area contributed by atoms with Gasteiger partial charge in [-0.15, -0.1) is 0 Å². The van der Waals surface area contributed by atoms with Crippen LogP contribution in [0.25, 0.3) is 0 Å². The Morgan fingerprint density at radius 1 is 1.00 bits per heavy atom. The van der Waals surface area contributed by atoms with Gasteiger partial charge in [0.25, 0.3) is 5.91 Å². The Morgan fingerprint density at radius 3 is 2.12 bits per heavy atom. The summed E-state index contributed by atoms with van der Waals surface area (Å²) in [6.45, 7) is -1.45. The molecule has 4 nitrogen and oxygen atoms in total. The Balaban J connectivity index is 1.98. The highest BCUT2D eigenvalue weighted by molar-refractivity contribution is 6.04. The summed E-state index contributed by atoms with van der Waals surface area (Å²) < 4.78 is 77.8. The number of aromatic nitrogens is 1. The van der Waals surface area contributed by atoms with E-state index >= 15 is 0 Å². The van der Waals surface area contributed by atoms with Crippen LogP contribution in [0.4, 0.5) is 32.0 Å². The number of carbonyl (C=O) groups excluding carboxylic acids is 1. The molecule has 0 atom stereocenters. The molecule has 2 aromatic rings. The summed E-state index contributed by atoms with van der Waals surface area (Å²) in [5.41, 5.74) is -1.01. The van der Waals surface area contributed by atoms with E-state index in [0.717, 1.165) is 12.3 Å². The highest BCUT2D eigenvalue weighted by Crippen LogP contribution is 2.27. The van der Waals surface area contributed by atoms with Crippen LogP contribution in [0.2, 0.25) is 0 Å². The lowest BCUT2D eigenvalue weighted by atomic mass is 10.2. The van der Waals surface area contributed by atoms with E-state index in [2.05, 4.69) is 15.0 Å². The van der Waals surface area contributed by atoms with Gasteiger partial charge in [-0.3, -0.25) is 9.78 Å². The number of amides is 1. The number of halogens is 6. The summed E-state index contributed by atoms with van der Waals surface area (Å²) in [6, 6.07) is 6.65. The van der Waals surface area contributed by atoms with Crippen LogP contribution in [-0.4, -0.2) is 23.7 Å². The second kappa shape index (κ2) is 6.99. The smallest absolute Gasteiger partial charge is 0.433 e. The molecule has 1 aromatic carbocycles. The molecule has 0 saturated carbocycles. The fourth-order valence-corrected chi connectivity index (χ4v) is 1.70. The summed E-state index contributed by atoms with van der Waals surface area (Å²) in [7, 11) is 0. The quantitative estimate of drug-likeness (QED) is 0.824. The van der Waals surface area contributed by atoms with Crippen molar-refractivity contribution in [3.63, 3.8) is 0 Å². The average molecular weight is 364 g/mol. The molecule has 0 aliphatic heterocycles. The van der Waals surface area contributed by atoms with Crippen molar-refractivity contribution in [1.82, 2.24) is 4.98 Å². The SMILES string of the molecule is O=C(Nc1ccc(OCC(F)(F)F)cc1)c1ccc(C(F)(F)F)nc1. The molecule has 1 heterocycles. The van der Waals surface area contributed by atoms with E-state index in [1.807, 2.05) is 0 Å². The second-order valence-corrected chi connectivity index (χ2v) is 4.81. The molecule has 0 fully saturated rings. The fraction of sp³-hybridized carbons (Fsp3) is 0.200. The van der Waals surface area contributed by atoms with Gasteiger partial charge in [-0.05, 0) is 36.4 Å². The molecule has 0 saturated heterocycles. The van der Waals surface area contributed by atoms with E-state index in [9.17, 15) is 31.1 Å². The summed E-state index contributed by atoms with van der Waals surface area (Å²) in [6.07, 6.45) is -8.30. The summed E-state index contributed by atoms with van der Waals surface area (Å²) in [5, 5.41) is 2.38. The van der Waals surface area contributed by atoms with E-state index in [4.69, 9.17) is 0 Å². The maximum atomic E-state index is 12.4. The third-order valence-electron chi connectivity index (χ3n) is 2.83. The van der Waals surface area contributed by atoms with Crippen LogP contribution in [0, 0.1) is 0 Å². The average Bonchev–Trinajstić information content (AvgIpc) is 2.53. The van der Waals surface area contributed by atoms with Crippen LogP contribution in [0.3, 0.4) is 0 Å². The molecule has 1 aromatic heterocycles. The molecule has 0 bridgehead atoms. The van der Waals surface area contributed by atoms with Crippen molar-refractivity contribution in [3.8, 4) is 5.75 Å². The largest absolute Gasteiger partial charge is 0.484 e. The van der Waals surface area contributed by atoms with Gasteiger partial charge in [-0.2, -0.15) is 26.3 Å². The van der Waals surface area contributed by atoms with Crippen molar-refractivity contribution in [1.29, 1.82) is 0 Å². The van der Waals surface area contributed by atoms with Crippen LogP contribution < -0.4 is 10.1 Å². The lowest BCUT2D eigenvalue weighted by Crippen LogP contribution is -2.19. The van der Waals surface area contributed by atoms with Crippen LogP contribution >= 0.6 is 0 Å². The predicted octanol–water partition coefficient (Wildman–Crippen LogP) is 4.29. The molecule has 25 heavy (non-hydrogen) atoms. The Hall–Kier alpha value is -2.78. The monoisotopic (exact) mass is 364 g/mol. The first-order chi connectivity index (χ1) is 11.5. The zero-order chi connectivity index (χ0) is 18.7. The Bertz CT molecular complexity index is 724. The highest BCUT2D eigenvalue weighted by atomic mass is 19.4. The maximum Gasteiger partial charge on any atom is 0.433 e. The standard InChI is InChI=1S/C15H10F6N2O2/c16-14(17,18)8-25-11-4-2-10(3-5-11)23-13(24)9-1-6-12(22-7-9)15(19,20)21/h1-7H,8H2,(H,23,24). The first kappa shape index (κ1) is 18.6. The number of pyridine rings is 1. The minimum Gasteiger partial charge on any atom is -0.484 e. The van der Waals surface area contributed by atoms with Crippen molar-refractivity contribution < 1.29 is 35.9 Å². The number of hydrogen-bond donors (Lipinski definition) is 1. The van der Waals surface area contributed by atoms with Crippen LogP contribution in [0.1, 0.15) is 16.1 Å². The predicted molar refractivity (Wildman–Crippen MR) is 75.2 cm³/mol. The van der Waals surface area contributed by atoms with E-state index in [0.29, 0.717) is 6.07 Å². The molecule has 0 aliphatic carbocycles. The molecule has 2 rings (SSSR count). The summed E-state index contributed by atoms with van der Waals surface area (Å²) in [5.74, 6) is -0.767. The molecule has 1 N–H and O–H groups in total. The molecule has 134 valence electrons. The van der Waals surface area contributed by atoms with E-state index < -0.39 is 30.6 Å². The summed E-state index contributed by atoms with van der Waals surface area (Å²) in [4.78, 5) is 15.1. The van der Waals surface area contributed by atoms with Gasteiger partial charge in [0.05, 0.1) is 5.56 Å². The molecule has 10 heteroatoms. The lowest BCUT2D eigenvalue weighted by molar-refractivity contribution is -0.153. The molecular formula is C15H10F6N2O2. The Labute approximate surface area is 137 Å². The number of benzene rings is 1. The van der Waals surface area contributed by atoms with Gasteiger partial charge in [-0.1, -0.05) is 0 Å². The number of rotatable bonds is 4. The van der Waals surface area contributed by atoms with Crippen LogP contribution in [0.5, 0.6) is 5.75 Å². The van der Waals surface area contributed by atoms with Gasteiger partial charge >= 0.3 is 12.4 Å². The van der Waals surface area contributed by atoms with Crippen molar-refractivity contribution >= 4 is 11.6 Å². The van der Waals surface area contributed by atoms with E-state index in [1.54, 1.807) is 0 Å². The van der Waals surface area contributed by atoms with E-state index in [1.165, 1.54) is 24.3 Å². The molecule has 1 amide bonds. The van der Waals surface area contributed by atoms with Crippen molar-refractivity contribution in [2.75, 3.05) is 11.9 Å². The third kappa shape index (κ3) is 5.66. The van der Waals surface area contributed by atoms with Crippen molar-refractivity contribution in [2.24, 2.45) is 0 Å². The van der Waals surface area contributed by atoms with Gasteiger partial charge < -0.3 is 10.1 Å². The zero-order valence-electron chi connectivity index (χ0n) is 12.3. The van der Waals surface area contributed by atoms with Gasteiger partial charge in [0.15, 0.2) is 6.61 Å². The second-order valence-electron chi connectivity index (χ2n) is 4.81. The van der Waals surface area contributed by atoms with Crippen molar-refractivity contribution in [3.05, 3.63) is 53.9 Å². The molecule has 0 spiro atoms. The maximum absolute atomic E-state index is 12.4.